The van der Waals surface area contributed by atoms with Crippen molar-refractivity contribution in [2.24, 2.45) is 0 Å². The van der Waals surface area contributed by atoms with Gasteiger partial charge in [0, 0.05) is 81.9 Å². The van der Waals surface area contributed by atoms with Crippen molar-refractivity contribution >= 4 is 33.2 Å². The molecule has 202 valence electrons. The molecule has 3 aliphatic rings. The van der Waals surface area contributed by atoms with Gasteiger partial charge in [-0.25, -0.2) is 8.42 Å². The predicted octanol–water partition coefficient (Wildman–Crippen LogP) is 3.16. The Morgan fingerprint density at radius 3 is 2.35 bits per heavy atom. The summed E-state index contributed by atoms with van der Waals surface area (Å²) in [5, 5.41) is 4.90. The van der Waals surface area contributed by atoms with Crippen molar-refractivity contribution in [2.45, 2.75) is 56.6 Å². The number of aromatic nitrogens is 2. The summed E-state index contributed by atoms with van der Waals surface area (Å²) in [4.78, 5) is 20.0. The lowest BCUT2D eigenvalue weighted by Gasteiger charge is -2.40. The second-order valence-corrected chi connectivity index (χ2v) is 12.5. The molecule has 1 saturated carbocycles. The van der Waals surface area contributed by atoms with E-state index < -0.39 is 10.0 Å². The van der Waals surface area contributed by atoms with E-state index in [1.165, 1.54) is 36.4 Å². The molecule has 0 atom stereocenters. The van der Waals surface area contributed by atoms with Crippen LogP contribution in [0.3, 0.4) is 0 Å². The van der Waals surface area contributed by atoms with Gasteiger partial charge in [0.05, 0.1) is 5.56 Å². The molecule has 37 heavy (non-hydrogen) atoms. The Bertz CT molecular complexity index is 1200. The van der Waals surface area contributed by atoms with Gasteiger partial charge in [0.1, 0.15) is 0 Å². The molecule has 2 aromatic rings. The maximum Gasteiger partial charge on any atom is 0.263 e. The van der Waals surface area contributed by atoms with Gasteiger partial charge in [0.2, 0.25) is 5.03 Å². The average molecular weight is 549 g/mol. The fourth-order valence-electron chi connectivity index (χ4n) is 5.79. The maximum absolute atomic E-state index is 13.7. The molecule has 9 nitrogen and oxygen atoms in total. The Morgan fingerprint density at radius 1 is 1.00 bits per heavy atom. The smallest absolute Gasteiger partial charge is 0.263 e. The molecule has 1 aromatic carbocycles. The molecular weight excluding hydrogens is 512 g/mol. The first-order valence-corrected chi connectivity index (χ1v) is 15.3. The van der Waals surface area contributed by atoms with E-state index >= 15 is 0 Å². The lowest BCUT2D eigenvalue weighted by Crippen LogP contribution is -2.52. The van der Waals surface area contributed by atoms with Gasteiger partial charge < -0.3 is 9.80 Å². The molecule has 0 bridgehead atoms. The second kappa shape index (κ2) is 11.3. The molecular formula is C26H37ClN6O3S. The third kappa shape index (κ3) is 5.67. The fourth-order valence-corrected chi connectivity index (χ4v) is 7.49. The average Bonchev–Trinajstić information content (AvgIpc) is 3.39. The van der Waals surface area contributed by atoms with Crippen molar-refractivity contribution < 1.29 is 13.2 Å². The summed E-state index contributed by atoms with van der Waals surface area (Å²) in [5.74, 6) is -0.237. The van der Waals surface area contributed by atoms with E-state index in [2.05, 4.69) is 14.9 Å². The first-order valence-electron chi connectivity index (χ1n) is 13.5. The van der Waals surface area contributed by atoms with Crippen LogP contribution in [0.4, 0.5) is 5.69 Å². The molecule has 3 fully saturated rings. The quantitative estimate of drug-likeness (QED) is 0.551. The topological polar surface area (TPSA) is 82.0 Å². The minimum absolute atomic E-state index is 0.120. The van der Waals surface area contributed by atoms with Crippen molar-refractivity contribution in [1.82, 2.24) is 23.9 Å². The number of carbonyl (C=O) groups is 1. The Hall–Kier alpha value is -2.14. The van der Waals surface area contributed by atoms with E-state index in [9.17, 15) is 13.2 Å². The lowest BCUT2D eigenvalue weighted by atomic mass is 9.94. The molecule has 0 radical (unpaired) electrons. The standard InChI is InChI=1S/C26H37ClN6O3S/c1-2-32-20-24(26(34)31-13-11-29(12-14-31)22-8-4-3-5-9-22)25(28-32)37(35,36)33-17-15-30(16-18-33)23-10-6-7-21(27)19-23/h6-7,10,19-20,22H,2-5,8-9,11-18H2,1H3. The predicted molar refractivity (Wildman–Crippen MR) is 145 cm³/mol. The molecule has 2 aliphatic heterocycles. The first kappa shape index (κ1) is 26.5. The zero-order valence-electron chi connectivity index (χ0n) is 21.6. The highest BCUT2D eigenvalue weighted by Gasteiger charge is 2.37. The van der Waals surface area contributed by atoms with Crippen molar-refractivity contribution in [3.05, 3.63) is 41.0 Å². The van der Waals surface area contributed by atoms with Crippen molar-refractivity contribution in [1.29, 1.82) is 0 Å². The minimum Gasteiger partial charge on any atom is -0.369 e. The molecule has 1 aliphatic carbocycles. The van der Waals surface area contributed by atoms with E-state index in [4.69, 9.17) is 11.6 Å². The van der Waals surface area contributed by atoms with Gasteiger partial charge in [-0.1, -0.05) is 36.9 Å². The third-order valence-electron chi connectivity index (χ3n) is 7.97. The van der Waals surface area contributed by atoms with Gasteiger partial charge in [-0.05, 0) is 38.0 Å². The summed E-state index contributed by atoms with van der Waals surface area (Å²) in [6.45, 7) is 7.02. The van der Waals surface area contributed by atoms with Crippen molar-refractivity contribution in [2.75, 3.05) is 57.3 Å². The van der Waals surface area contributed by atoms with E-state index in [0.29, 0.717) is 56.9 Å². The van der Waals surface area contributed by atoms with Gasteiger partial charge in [0.15, 0.2) is 0 Å². The zero-order valence-corrected chi connectivity index (χ0v) is 23.1. The minimum atomic E-state index is -3.92. The van der Waals surface area contributed by atoms with Crippen LogP contribution in [0, 0.1) is 0 Å². The largest absolute Gasteiger partial charge is 0.369 e. The number of hydrogen-bond donors (Lipinski definition) is 0. The monoisotopic (exact) mass is 548 g/mol. The van der Waals surface area contributed by atoms with Crippen LogP contribution in [0.1, 0.15) is 49.4 Å². The Balaban J connectivity index is 1.28. The van der Waals surface area contributed by atoms with Crippen molar-refractivity contribution in [3.63, 3.8) is 0 Å². The van der Waals surface area contributed by atoms with E-state index in [-0.39, 0.29) is 16.5 Å². The second-order valence-electron chi connectivity index (χ2n) is 10.2. The molecule has 0 unspecified atom stereocenters. The summed E-state index contributed by atoms with van der Waals surface area (Å²) >= 11 is 6.14. The summed E-state index contributed by atoms with van der Waals surface area (Å²) in [7, 11) is -3.92. The molecule has 0 N–H and O–H groups in total. The Morgan fingerprint density at radius 2 is 1.70 bits per heavy atom. The van der Waals surface area contributed by atoms with Gasteiger partial charge in [-0.3, -0.25) is 14.4 Å². The molecule has 2 saturated heterocycles. The van der Waals surface area contributed by atoms with Crippen LogP contribution in [0.5, 0.6) is 0 Å². The molecule has 0 spiro atoms. The van der Waals surface area contributed by atoms with Crippen LogP contribution in [-0.2, 0) is 16.6 Å². The number of benzene rings is 1. The van der Waals surface area contributed by atoms with Crippen LogP contribution in [-0.4, -0.2) is 96.6 Å². The van der Waals surface area contributed by atoms with Crippen molar-refractivity contribution in [3.8, 4) is 0 Å². The van der Waals surface area contributed by atoms with Gasteiger partial charge in [-0.2, -0.15) is 9.40 Å². The molecule has 5 rings (SSSR count). The molecule has 1 aromatic heterocycles. The SMILES string of the molecule is CCn1cc(C(=O)N2CCN(C3CCCCC3)CC2)c(S(=O)(=O)N2CCN(c3cccc(Cl)c3)CC2)n1. The number of hydrogen-bond acceptors (Lipinski definition) is 6. The van der Waals surface area contributed by atoms with Gasteiger partial charge in [0.25, 0.3) is 15.9 Å². The van der Waals surface area contributed by atoms with Crippen LogP contribution < -0.4 is 4.90 Å². The summed E-state index contributed by atoms with van der Waals surface area (Å²) in [6.07, 6.45) is 7.98. The van der Waals surface area contributed by atoms with E-state index in [1.807, 2.05) is 31.2 Å². The Labute approximate surface area is 225 Å². The van der Waals surface area contributed by atoms with Crippen LogP contribution >= 0.6 is 11.6 Å². The van der Waals surface area contributed by atoms with Crippen LogP contribution in [0.2, 0.25) is 5.02 Å². The zero-order chi connectivity index (χ0) is 26.0. The maximum atomic E-state index is 13.7. The van der Waals surface area contributed by atoms with Gasteiger partial charge in [-0.15, -0.1) is 0 Å². The first-order chi connectivity index (χ1) is 17.9. The number of sulfonamides is 1. The number of piperazine rings is 2. The number of halogens is 1. The number of amides is 1. The number of rotatable bonds is 6. The fraction of sp³-hybridized carbons (Fsp3) is 0.615. The third-order valence-corrected chi connectivity index (χ3v) is 10.0. The van der Waals surface area contributed by atoms with Crippen LogP contribution in [0.25, 0.3) is 0 Å². The van der Waals surface area contributed by atoms with E-state index in [1.54, 1.807) is 15.8 Å². The highest BCUT2D eigenvalue weighted by molar-refractivity contribution is 7.89. The highest BCUT2D eigenvalue weighted by Crippen LogP contribution is 2.27. The summed E-state index contributed by atoms with van der Waals surface area (Å²) in [5.41, 5.74) is 1.16. The molecule has 3 heterocycles. The highest BCUT2D eigenvalue weighted by atomic mass is 35.5. The number of aryl methyl sites for hydroxylation is 1. The normalized spacial score (nSPS) is 20.9. The summed E-state index contributed by atoms with van der Waals surface area (Å²) in [6, 6.07) is 8.20. The number of nitrogens with zero attached hydrogens (tertiary/aromatic N) is 6. The van der Waals surface area contributed by atoms with Crippen LogP contribution in [0.15, 0.2) is 35.5 Å². The van der Waals surface area contributed by atoms with E-state index in [0.717, 1.165) is 18.8 Å². The number of anilines is 1. The molecule has 11 heteroatoms. The Kier molecular flexibility index (Phi) is 8.09. The lowest BCUT2D eigenvalue weighted by molar-refractivity contribution is 0.0520. The number of carbonyl (C=O) groups excluding carboxylic acids is 1. The summed E-state index contributed by atoms with van der Waals surface area (Å²) < 4.78 is 30.4. The van der Waals surface area contributed by atoms with Gasteiger partial charge >= 0.3 is 0 Å². The molecule has 1 amide bonds.